The average Bonchev–Trinajstić information content (AvgIpc) is 2.67. The lowest BCUT2D eigenvalue weighted by Crippen LogP contribution is -2.23. The van der Waals surface area contributed by atoms with Crippen LogP contribution < -0.4 is 5.32 Å². The zero-order chi connectivity index (χ0) is 10.6. The van der Waals surface area contributed by atoms with Gasteiger partial charge in [-0.15, -0.1) is 0 Å². The maximum absolute atomic E-state index is 11.1. The summed E-state index contributed by atoms with van der Waals surface area (Å²) >= 11 is 0. The van der Waals surface area contributed by atoms with E-state index in [0.717, 1.165) is 6.42 Å². The van der Waals surface area contributed by atoms with Gasteiger partial charge in [0.15, 0.2) is 5.57 Å². The summed E-state index contributed by atoms with van der Waals surface area (Å²) in [6.07, 6.45) is 0.878. The maximum atomic E-state index is 11.1. The van der Waals surface area contributed by atoms with Crippen molar-refractivity contribution in [3.05, 3.63) is 11.5 Å². The van der Waals surface area contributed by atoms with Gasteiger partial charge in [-0.1, -0.05) is 6.92 Å². The first kappa shape index (κ1) is 10.4. The minimum absolute atomic E-state index is 0.108. The first-order valence-electron chi connectivity index (χ1n) is 4.35. The molecule has 5 nitrogen and oxygen atoms in total. The number of nitriles is 1. The minimum Gasteiger partial charge on any atom is -0.476 e. The Kier molecular flexibility index (Phi) is 3.35. The number of rotatable bonds is 2. The van der Waals surface area contributed by atoms with Crippen LogP contribution in [0, 0.1) is 11.3 Å². The smallest absolute Gasteiger partial charge is 0.354 e. The van der Waals surface area contributed by atoms with Crippen molar-refractivity contribution in [1.29, 1.82) is 5.26 Å². The molecule has 1 rings (SSSR count). The van der Waals surface area contributed by atoms with Crippen molar-refractivity contribution in [2.75, 3.05) is 13.7 Å². The molecule has 14 heavy (non-hydrogen) atoms. The minimum atomic E-state index is -0.674. The van der Waals surface area contributed by atoms with Crippen molar-refractivity contribution in [3.63, 3.8) is 0 Å². The molecule has 1 fully saturated rings. The van der Waals surface area contributed by atoms with Crippen LogP contribution in [0.1, 0.15) is 13.3 Å². The van der Waals surface area contributed by atoms with E-state index in [2.05, 4.69) is 10.1 Å². The molecule has 0 aliphatic carbocycles. The SMILES string of the molecule is CC[C@@H]1CO/C(=C(\C#N)C(=O)OC)N1. The molecule has 0 bridgehead atoms. The molecule has 1 saturated heterocycles. The van der Waals surface area contributed by atoms with E-state index in [1.165, 1.54) is 7.11 Å². The third-order valence-corrected chi connectivity index (χ3v) is 1.99. The number of hydrogen-bond acceptors (Lipinski definition) is 5. The molecule has 0 spiro atoms. The molecular formula is C9H12N2O3. The Balaban J connectivity index is 2.82. The van der Waals surface area contributed by atoms with Gasteiger partial charge in [0.25, 0.3) is 0 Å². The lowest BCUT2D eigenvalue weighted by atomic mass is 10.2. The molecule has 5 heteroatoms. The van der Waals surface area contributed by atoms with E-state index in [4.69, 9.17) is 10.00 Å². The fourth-order valence-electron chi connectivity index (χ4n) is 1.11. The maximum Gasteiger partial charge on any atom is 0.354 e. The second kappa shape index (κ2) is 4.51. The zero-order valence-corrected chi connectivity index (χ0v) is 8.16. The van der Waals surface area contributed by atoms with Gasteiger partial charge in [-0.3, -0.25) is 0 Å². The molecule has 1 atom stereocenters. The Morgan fingerprint density at radius 1 is 1.86 bits per heavy atom. The van der Waals surface area contributed by atoms with Gasteiger partial charge in [-0.05, 0) is 6.42 Å². The predicted octanol–water partition coefficient (Wildman–Crippen LogP) is 0.293. The van der Waals surface area contributed by atoms with Gasteiger partial charge in [0.1, 0.15) is 12.7 Å². The standard InChI is InChI=1S/C9H12N2O3/c1-3-6-5-14-8(11-6)7(4-10)9(12)13-2/h6,11H,3,5H2,1-2H3/b8-7+/t6-/m1/s1. The Morgan fingerprint density at radius 3 is 3.00 bits per heavy atom. The normalized spacial score (nSPS) is 23.1. The van der Waals surface area contributed by atoms with Gasteiger partial charge in [-0.25, -0.2) is 4.79 Å². The van der Waals surface area contributed by atoms with E-state index >= 15 is 0 Å². The quantitative estimate of drug-likeness (QED) is 0.390. The molecule has 1 heterocycles. The van der Waals surface area contributed by atoms with Crippen LogP contribution in [0.15, 0.2) is 11.5 Å². The van der Waals surface area contributed by atoms with Crippen molar-refractivity contribution in [2.45, 2.75) is 19.4 Å². The third-order valence-electron chi connectivity index (χ3n) is 1.99. The topological polar surface area (TPSA) is 71.3 Å². The largest absolute Gasteiger partial charge is 0.476 e. The van der Waals surface area contributed by atoms with E-state index in [1.54, 1.807) is 6.07 Å². The number of ether oxygens (including phenoxy) is 2. The van der Waals surface area contributed by atoms with Crippen molar-refractivity contribution in [3.8, 4) is 6.07 Å². The van der Waals surface area contributed by atoms with Crippen LogP contribution in [0.5, 0.6) is 0 Å². The van der Waals surface area contributed by atoms with Gasteiger partial charge >= 0.3 is 5.97 Å². The first-order valence-corrected chi connectivity index (χ1v) is 4.35. The number of nitrogens with zero attached hydrogens (tertiary/aromatic N) is 1. The monoisotopic (exact) mass is 196 g/mol. The van der Waals surface area contributed by atoms with Crippen molar-refractivity contribution in [1.82, 2.24) is 5.32 Å². The summed E-state index contributed by atoms with van der Waals surface area (Å²) in [6, 6.07) is 1.92. The molecule has 1 aliphatic rings. The highest BCUT2D eigenvalue weighted by Gasteiger charge is 2.25. The lowest BCUT2D eigenvalue weighted by Gasteiger charge is -2.03. The average molecular weight is 196 g/mol. The zero-order valence-electron chi connectivity index (χ0n) is 8.16. The summed E-state index contributed by atoms with van der Waals surface area (Å²) in [4.78, 5) is 11.1. The molecule has 0 unspecified atom stereocenters. The van der Waals surface area contributed by atoms with E-state index in [9.17, 15) is 4.79 Å². The fourth-order valence-corrected chi connectivity index (χ4v) is 1.11. The summed E-state index contributed by atoms with van der Waals surface area (Å²) in [7, 11) is 1.23. The number of hydrogen-bond donors (Lipinski definition) is 1. The van der Waals surface area contributed by atoms with Crippen LogP contribution in [0.3, 0.4) is 0 Å². The third kappa shape index (κ3) is 1.96. The van der Waals surface area contributed by atoms with Gasteiger partial charge in [0, 0.05) is 0 Å². The highest BCUT2D eigenvalue weighted by Crippen LogP contribution is 2.13. The second-order valence-electron chi connectivity index (χ2n) is 2.87. The van der Waals surface area contributed by atoms with Crippen LogP contribution in [-0.4, -0.2) is 25.7 Å². The van der Waals surface area contributed by atoms with Crippen LogP contribution in [0.2, 0.25) is 0 Å². The molecule has 0 aromatic heterocycles. The molecule has 0 radical (unpaired) electrons. The molecule has 0 aromatic rings. The number of esters is 1. The van der Waals surface area contributed by atoms with Crippen LogP contribution in [-0.2, 0) is 14.3 Å². The van der Waals surface area contributed by atoms with E-state index in [0.29, 0.717) is 6.61 Å². The van der Waals surface area contributed by atoms with E-state index < -0.39 is 5.97 Å². The Hall–Kier alpha value is -1.70. The van der Waals surface area contributed by atoms with Crippen LogP contribution in [0.4, 0.5) is 0 Å². The molecular weight excluding hydrogens is 184 g/mol. The fraction of sp³-hybridized carbons (Fsp3) is 0.556. The Bertz CT molecular complexity index is 304. The van der Waals surface area contributed by atoms with Crippen LogP contribution in [0.25, 0.3) is 0 Å². The molecule has 0 amide bonds. The number of methoxy groups -OCH3 is 1. The molecule has 0 saturated carbocycles. The van der Waals surface area contributed by atoms with Crippen molar-refractivity contribution in [2.24, 2.45) is 0 Å². The van der Waals surface area contributed by atoms with Gasteiger partial charge < -0.3 is 14.8 Å². The second-order valence-corrected chi connectivity index (χ2v) is 2.87. The van der Waals surface area contributed by atoms with E-state index in [-0.39, 0.29) is 17.5 Å². The molecule has 1 aliphatic heterocycles. The van der Waals surface area contributed by atoms with Gasteiger partial charge in [0.2, 0.25) is 5.88 Å². The first-order chi connectivity index (χ1) is 6.72. The van der Waals surface area contributed by atoms with E-state index in [1.807, 2.05) is 6.92 Å². The summed E-state index contributed by atoms with van der Waals surface area (Å²) in [5.41, 5.74) is -0.108. The molecule has 0 aromatic carbocycles. The number of carbonyl (C=O) groups is 1. The Morgan fingerprint density at radius 2 is 2.57 bits per heavy atom. The molecule has 1 N–H and O–H groups in total. The number of carbonyl (C=O) groups excluding carboxylic acids is 1. The predicted molar refractivity (Wildman–Crippen MR) is 47.8 cm³/mol. The highest BCUT2D eigenvalue weighted by molar-refractivity contribution is 5.93. The summed E-state index contributed by atoms with van der Waals surface area (Å²) in [5.74, 6) is -0.446. The molecule has 76 valence electrons. The Labute approximate surface area is 82.3 Å². The van der Waals surface area contributed by atoms with Crippen molar-refractivity contribution >= 4 is 5.97 Å². The summed E-state index contributed by atoms with van der Waals surface area (Å²) in [6.45, 7) is 2.47. The van der Waals surface area contributed by atoms with Gasteiger partial charge in [-0.2, -0.15) is 5.26 Å². The summed E-state index contributed by atoms with van der Waals surface area (Å²) < 4.78 is 9.62. The van der Waals surface area contributed by atoms with Crippen molar-refractivity contribution < 1.29 is 14.3 Å². The highest BCUT2D eigenvalue weighted by atomic mass is 16.5. The van der Waals surface area contributed by atoms with Gasteiger partial charge in [0.05, 0.1) is 13.2 Å². The lowest BCUT2D eigenvalue weighted by molar-refractivity contribution is -0.135. The van der Waals surface area contributed by atoms with Crippen LogP contribution >= 0.6 is 0 Å². The summed E-state index contributed by atoms with van der Waals surface area (Å²) in [5, 5.41) is 11.7. The number of nitrogens with one attached hydrogen (secondary N) is 1.